The van der Waals surface area contributed by atoms with Crippen molar-refractivity contribution in [3.8, 4) is 0 Å². The molecule has 0 radical (unpaired) electrons. The van der Waals surface area contributed by atoms with Crippen LogP contribution in [-0.4, -0.2) is 16.9 Å². The molecule has 1 atom stereocenters. The van der Waals surface area contributed by atoms with Gasteiger partial charge in [-0.3, -0.25) is 4.57 Å². The minimum absolute atomic E-state index is 0.120. The summed E-state index contributed by atoms with van der Waals surface area (Å²) in [4.78, 5) is 0. The van der Waals surface area contributed by atoms with Crippen molar-refractivity contribution in [2.45, 2.75) is 18.4 Å². The van der Waals surface area contributed by atoms with Crippen LogP contribution in [0, 0.1) is 0 Å². The molecule has 80 valence electrons. The highest BCUT2D eigenvalue weighted by Crippen LogP contribution is 2.38. The van der Waals surface area contributed by atoms with Crippen LogP contribution in [0.1, 0.15) is 0 Å². The second-order valence-corrected chi connectivity index (χ2v) is 2.58. The van der Waals surface area contributed by atoms with Crippen LogP contribution in [-0.2, 0) is 6.05 Å². The van der Waals surface area contributed by atoms with Gasteiger partial charge in [-0.1, -0.05) is 0 Å². The van der Waals surface area contributed by atoms with Gasteiger partial charge in [0.1, 0.15) is 0 Å². The van der Waals surface area contributed by atoms with Gasteiger partial charge in [-0.15, -0.1) is 0 Å². The number of aromatic nitrogens is 1. The molecule has 0 aliphatic heterocycles. The SMILES string of the molecule is FC(C(F)(F)F)C(F)(F)n1cccc1. The van der Waals surface area contributed by atoms with Crippen LogP contribution in [0.3, 0.4) is 0 Å². The molecule has 1 heterocycles. The summed E-state index contributed by atoms with van der Waals surface area (Å²) in [5, 5.41) is 0. The maximum atomic E-state index is 12.7. The minimum atomic E-state index is -5.58. The standard InChI is InChI=1S/C7H5F6N/c8-5(6(9,10)11)7(12,13)14-3-1-2-4-14/h1-5H. The number of hydrogen-bond donors (Lipinski definition) is 0. The van der Waals surface area contributed by atoms with E-state index in [1.807, 2.05) is 0 Å². The van der Waals surface area contributed by atoms with E-state index >= 15 is 0 Å². The molecule has 1 unspecified atom stereocenters. The van der Waals surface area contributed by atoms with E-state index in [9.17, 15) is 26.3 Å². The van der Waals surface area contributed by atoms with Crippen LogP contribution in [0.15, 0.2) is 24.5 Å². The highest BCUT2D eigenvalue weighted by atomic mass is 19.4. The van der Waals surface area contributed by atoms with E-state index in [4.69, 9.17) is 0 Å². The smallest absolute Gasteiger partial charge is 0.293 e. The van der Waals surface area contributed by atoms with Crippen molar-refractivity contribution in [3.05, 3.63) is 24.5 Å². The number of hydrogen-bond acceptors (Lipinski definition) is 0. The Hall–Kier alpha value is -1.14. The first kappa shape index (κ1) is 10.9. The lowest BCUT2D eigenvalue weighted by atomic mass is 10.3. The largest absolute Gasteiger partial charge is 0.427 e. The maximum absolute atomic E-state index is 12.7. The summed E-state index contributed by atoms with van der Waals surface area (Å²) in [7, 11) is 0. The molecule has 0 amide bonds. The zero-order chi connectivity index (χ0) is 11.0. The second-order valence-electron chi connectivity index (χ2n) is 2.58. The van der Waals surface area contributed by atoms with Crippen molar-refractivity contribution in [2.75, 3.05) is 0 Å². The third-order valence-electron chi connectivity index (χ3n) is 1.54. The topological polar surface area (TPSA) is 4.93 Å². The minimum Gasteiger partial charge on any atom is -0.293 e. The summed E-state index contributed by atoms with van der Waals surface area (Å²) in [6, 6.07) is -2.45. The molecular formula is C7H5F6N. The van der Waals surface area contributed by atoms with Gasteiger partial charge < -0.3 is 0 Å². The van der Waals surface area contributed by atoms with Crippen molar-refractivity contribution in [1.82, 2.24) is 4.57 Å². The van der Waals surface area contributed by atoms with Gasteiger partial charge in [0.15, 0.2) is 0 Å². The lowest BCUT2D eigenvalue weighted by molar-refractivity contribution is -0.272. The lowest BCUT2D eigenvalue weighted by Crippen LogP contribution is -2.43. The first-order valence-electron chi connectivity index (χ1n) is 3.48. The summed E-state index contributed by atoms with van der Waals surface area (Å²) in [6.45, 7) is 0. The van der Waals surface area contributed by atoms with Crippen molar-refractivity contribution in [3.63, 3.8) is 0 Å². The Morgan fingerprint density at radius 1 is 0.929 bits per heavy atom. The van der Waals surface area contributed by atoms with E-state index in [1.165, 1.54) is 0 Å². The van der Waals surface area contributed by atoms with E-state index in [0.717, 1.165) is 12.1 Å². The average Bonchev–Trinajstić information content (AvgIpc) is 2.53. The summed E-state index contributed by atoms with van der Waals surface area (Å²) < 4.78 is 72.7. The van der Waals surface area contributed by atoms with Crippen LogP contribution >= 0.6 is 0 Å². The lowest BCUT2D eigenvalue weighted by Gasteiger charge is -2.23. The van der Waals surface area contributed by atoms with Crippen LogP contribution in [0.25, 0.3) is 0 Å². The van der Waals surface area contributed by atoms with Gasteiger partial charge in [0.25, 0.3) is 6.17 Å². The van der Waals surface area contributed by atoms with Crippen molar-refractivity contribution >= 4 is 0 Å². The molecule has 0 aromatic carbocycles. The normalized spacial score (nSPS) is 15.6. The van der Waals surface area contributed by atoms with Gasteiger partial charge in [-0.2, -0.15) is 22.0 Å². The molecule has 1 nitrogen and oxygen atoms in total. The molecule has 0 saturated heterocycles. The Kier molecular flexibility index (Phi) is 2.51. The Morgan fingerprint density at radius 2 is 1.36 bits per heavy atom. The van der Waals surface area contributed by atoms with E-state index < -0.39 is 18.4 Å². The monoisotopic (exact) mass is 217 g/mol. The summed E-state index contributed by atoms with van der Waals surface area (Å²) >= 11 is 0. The van der Waals surface area contributed by atoms with Crippen LogP contribution in [0.4, 0.5) is 26.3 Å². The van der Waals surface area contributed by atoms with Gasteiger partial charge >= 0.3 is 12.2 Å². The molecule has 0 spiro atoms. The zero-order valence-electron chi connectivity index (χ0n) is 6.60. The fraction of sp³-hybridized carbons (Fsp3) is 0.429. The van der Waals surface area contributed by atoms with E-state index in [1.54, 1.807) is 0 Å². The summed E-state index contributed by atoms with van der Waals surface area (Å²) in [5.74, 6) is 0. The third-order valence-corrected chi connectivity index (χ3v) is 1.54. The molecule has 0 N–H and O–H groups in total. The highest BCUT2D eigenvalue weighted by molar-refractivity contribution is 4.95. The van der Waals surface area contributed by atoms with Gasteiger partial charge in [-0.25, -0.2) is 4.39 Å². The Balaban J connectivity index is 2.96. The fourth-order valence-electron chi connectivity index (χ4n) is 0.861. The van der Waals surface area contributed by atoms with Crippen molar-refractivity contribution < 1.29 is 26.3 Å². The third kappa shape index (κ3) is 1.85. The molecule has 1 aromatic rings. The molecule has 0 aliphatic rings. The Morgan fingerprint density at radius 3 is 1.71 bits per heavy atom. The number of alkyl halides is 6. The van der Waals surface area contributed by atoms with Crippen LogP contribution in [0.5, 0.6) is 0 Å². The molecule has 1 aromatic heterocycles. The Bertz CT molecular complexity index is 288. The summed E-state index contributed by atoms with van der Waals surface area (Å²) in [6.07, 6.45) is -8.45. The maximum Gasteiger partial charge on any atom is 0.427 e. The fourth-order valence-corrected chi connectivity index (χ4v) is 0.861. The highest BCUT2D eigenvalue weighted by Gasteiger charge is 2.57. The molecule has 14 heavy (non-hydrogen) atoms. The predicted octanol–water partition coefficient (Wildman–Crippen LogP) is 2.94. The molecule has 1 rings (SSSR count). The molecule has 0 fully saturated rings. The Labute approximate surface area is 74.9 Å². The van der Waals surface area contributed by atoms with E-state index in [-0.39, 0.29) is 4.57 Å². The molecule has 0 aliphatic carbocycles. The predicted molar refractivity (Wildman–Crippen MR) is 35.6 cm³/mol. The summed E-state index contributed by atoms with van der Waals surface area (Å²) in [5.41, 5.74) is 0. The number of rotatable bonds is 2. The van der Waals surface area contributed by atoms with Crippen molar-refractivity contribution in [1.29, 1.82) is 0 Å². The second kappa shape index (κ2) is 3.21. The van der Waals surface area contributed by atoms with E-state index in [0.29, 0.717) is 12.4 Å². The van der Waals surface area contributed by atoms with Gasteiger partial charge in [0.05, 0.1) is 0 Å². The quantitative estimate of drug-likeness (QED) is 0.671. The van der Waals surface area contributed by atoms with Gasteiger partial charge in [0.2, 0.25) is 0 Å². The average molecular weight is 217 g/mol. The number of halogens is 6. The van der Waals surface area contributed by atoms with Crippen LogP contribution in [0.2, 0.25) is 0 Å². The zero-order valence-corrected chi connectivity index (χ0v) is 6.60. The molecule has 0 bridgehead atoms. The van der Waals surface area contributed by atoms with E-state index in [2.05, 4.69) is 0 Å². The molecule has 0 saturated carbocycles. The first-order valence-corrected chi connectivity index (χ1v) is 3.48. The first-order chi connectivity index (χ1) is 6.26. The van der Waals surface area contributed by atoms with Gasteiger partial charge in [-0.05, 0) is 12.1 Å². The van der Waals surface area contributed by atoms with Crippen molar-refractivity contribution in [2.24, 2.45) is 0 Å². The number of nitrogens with zero attached hydrogens (tertiary/aromatic N) is 1. The molecule has 7 heteroatoms. The van der Waals surface area contributed by atoms with Gasteiger partial charge in [0, 0.05) is 12.4 Å². The van der Waals surface area contributed by atoms with Crippen LogP contribution < -0.4 is 0 Å². The molecular weight excluding hydrogens is 212 g/mol.